The lowest BCUT2D eigenvalue weighted by molar-refractivity contribution is -0.0496. The summed E-state index contributed by atoms with van der Waals surface area (Å²) in [6.07, 6.45) is 2.11. The molecule has 17 heavy (non-hydrogen) atoms. The Hall–Kier alpha value is -0.843. The Kier molecular flexibility index (Phi) is 6.92. The van der Waals surface area contributed by atoms with Crippen LogP contribution in [0.15, 0.2) is 30.3 Å². The molecule has 3 nitrogen and oxygen atoms in total. The average molecular weight is 254 g/mol. The van der Waals surface area contributed by atoms with E-state index < -0.39 is 9.28 Å². The van der Waals surface area contributed by atoms with E-state index in [1.54, 1.807) is 7.11 Å². The van der Waals surface area contributed by atoms with Crippen LogP contribution in [0.3, 0.4) is 0 Å². The molecule has 1 aromatic rings. The molecule has 4 heteroatoms. The summed E-state index contributed by atoms with van der Waals surface area (Å²) in [6.45, 7) is 4.08. The molecule has 0 fully saturated rings. The fraction of sp³-hybridized carbons (Fsp3) is 0.538. The highest BCUT2D eigenvalue weighted by atomic mass is 28.3. The Labute approximate surface area is 106 Å². The van der Waals surface area contributed by atoms with Crippen molar-refractivity contribution in [3.63, 3.8) is 0 Å². The van der Waals surface area contributed by atoms with Gasteiger partial charge in [0.25, 0.3) is 0 Å². The second kappa shape index (κ2) is 8.28. The zero-order valence-electron chi connectivity index (χ0n) is 10.9. The van der Waals surface area contributed by atoms with Crippen molar-refractivity contribution in [1.29, 1.82) is 0 Å². The Morgan fingerprint density at radius 1 is 1.24 bits per heavy atom. The molecule has 2 unspecified atom stereocenters. The van der Waals surface area contributed by atoms with Gasteiger partial charge in [-0.25, -0.2) is 0 Å². The zero-order chi connectivity index (χ0) is 12.5. The fourth-order valence-electron chi connectivity index (χ4n) is 1.45. The van der Waals surface area contributed by atoms with E-state index in [-0.39, 0.29) is 6.29 Å². The first kappa shape index (κ1) is 14.2. The Morgan fingerprint density at radius 3 is 2.53 bits per heavy atom. The normalized spacial score (nSPS) is 14.3. The molecule has 0 bridgehead atoms. The molecule has 1 aromatic carbocycles. The zero-order valence-corrected chi connectivity index (χ0v) is 12.0. The van der Waals surface area contributed by atoms with Crippen LogP contribution in [0.2, 0.25) is 6.04 Å². The van der Waals surface area contributed by atoms with Crippen LogP contribution in [0.4, 0.5) is 0 Å². The molecule has 0 aromatic heterocycles. The van der Waals surface area contributed by atoms with Gasteiger partial charge in [0.15, 0.2) is 0 Å². The summed E-state index contributed by atoms with van der Waals surface area (Å²) in [5, 5.41) is 0. The molecule has 1 rings (SSSR count). The van der Waals surface area contributed by atoms with E-state index in [0.717, 1.165) is 24.6 Å². The average Bonchev–Trinajstić information content (AvgIpc) is 2.37. The lowest BCUT2D eigenvalue weighted by atomic mass is 10.3. The maximum absolute atomic E-state index is 5.93. The van der Waals surface area contributed by atoms with E-state index in [1.165, 1.54) is 0 Å². The molecule has 0 aliphatic rings. The van der Waals surface area contributed by atoms with Gasteiger partial charge in [0.1, 0.15) is 12.0 Å². The van der Waals surface area contributed by atoms with E-state index >= 15 is 0 Å². The number of para-hydroxylation sites is 1. The lowest BCUT2D eigenvalue weighted by Gasteiger charge is -2.21. The van der Waals surface area contributed by atoms with Crippen molar-refractivity contribution in [2.45, 2.75) is 39.0 Å². The van der Waals surface area contributed by atoms with Gasteiger partial charge in [0.2, 0.25) is 0 Å². The highest BCUT2D eigenvalue weighted by Crippen LogP contribution is 2.14. The van der Waals surface area contributed by atoms with Crippen LogP contribution in [0.5, 0.6) is 5.75 Å². The molecule has 0 aliphatic carbocycles. The Morgan fingerprint density at radius 2 is 1.94 bits per heavy atom. The van der Waals surface area contributed by atoms with Gasteiger partial charge in [-0.1, -0.05) is 38.0 Å². The maximum Gasteiger partial charge on any atom is 0.384 e. The Balaban J connectivity index is 2.50. The van der Waals surface area contributed by atoms with Crippen molar-refractivity contribution in [2.24, 2.45) is 0 Å². The van der Waals surface area contributed by atoms with E-state index in [1.807, 2.05) is 37.3 Å². The SMILES string of the molecule is CCCC[SiH](Oc1ccccc1)OC(C)OC. The first-order valence-electron chi connectivity index (χ1n) is 6.16. The van der Waals surface area contributed by atoms with Crippen molar-refractivity contribution < 1.29 is 13.6 Å². The third kappa shape index (κ3) is 5.86. The number of hydrogen-bond donors (Lipinski definition) is 0. The second-order valence-corrected chi connectivity index (χ2v) is 5.89. The molecule has 0 saturated carbocycles. The van der Waals surface area contributed by atoms with Crippen LogP contribution < -0.4 is 4.43 Å². The second-order valence-electron chi connectivity index (χ2n) is 3.94. The quantitative estimate of drug-likeness (QED) is 0.527. The summed E-state index contributed by atoms with van der Waals surface area (Å²) in [6, 6.07) is 10.9. The van der Waals surface area contributed by atoms with Crippen LogP contribution in [0.1, 0.15) is 26.7 Å². The fourth-order valence-corrected chi connectivity index (χ4v) is 3.50. The summed E-state index contributed by atoms with van der Waals surface area (Å²) < 4.78 is 16.9. The first-order chi connectivity index (χ1) is 8.26. The van der Waals surface area contributed by atoms with E-state index in [4.69, 9.17) is 13.6 Å². The van der Waals surface area contributed by atoms with E-state index in [9.17, 15) is 0 Å². The monoisotopic (exact) mass is 254 g/mol. The maximum atomic E-state index is 5.93. The summed E-state index contributed by atoms with van der Waals surface area (Å²) in [5.74, 6) is 0.892. The van der Waals surface area contributed by atoms with Gasteiger partial charge in [0, 0.05) is 7.11 Å². The molecular formula is C13H22O3Si. The largest absolute Gasteiger partial charge is 0.522 e. The number of hydrogen-bond acceptors (Lipinski definition) is 3. The minimum atomic E-state index is -1.68. The van der Waals surface area contributed by atoms with Crippen molar-refractivity contribution in [3.05, 3.63) is 30.3 Å². The van der Waals surface area contributed by atoms with Crippen LogP contribution in [-0.2, 0) is 9.16 Å². The van der Waals surface area contributed by atoms with Gasteiger partial charge in [-0.05, 0) is 25.1 Å². The molecule has 0 saturated heterocycles. The van der Waals surface area contributed by atoms with Gasteiger partial charge in [0.05, 0.1) is 0 Å². The predicted octanol–water partition coefficient (Wildman–Crippen LogP) is 3.10. The van der Waals surface area contributed by atoms with E-state index in [2.05, 4.69) is 6.92 Å². The number of ether oxygens (including phenoxy) is 1. The van der Waals surface area contributed by atoms with Gasteiger partial charge < -0.3 is 13.6 Å². The predicted molar refractivity (Wildman–Crippen MR) is 71.5 cm³/mol. The van der Waals surface area contributed by atoms with Crippen molar-refractivity contribution >= 4 is 9.28 Å². The topological polar surface area (TPSA) is 27.7 Å². The number of methoxy groups -OCH3 is 1. The first-order valence-corrected chi connectivity index (χ1v) is 7.92. The molecule has 0 radical (unpaired) electrons. The summed E-state index contributed by atoms with van der Waals surface area (Å²) in [4.78, 5) is 0. The van der Waals surface area contributed by atoms with Crippen molar-refractivity contribution in [1.82, 2.24) is 0 Å². The minimum absolute atomic E-state index is 0.188. The minimum Gasteiger partial charge on any atom is -0.522 e. The molecule has 0 N–H and O–H groups in total. The molecular weight excluding hydrogens is 232 g/mol. The van der Waals surface area contributed by atoms with E-state index in [0.29, 0.717) is 0 Å². The van der Waals surface area contributed by atoms with Crippen molar-refractivity contribution in [3.8, 4) is 5.75 Å². The number of benzene rings is 1. The van der Waals surface area contributed by atoms with Crippen LogP contribution in [-0.4, -0.2) is 22.7 Å². The highest BCUT2D eigenvalue weighted by molar-refractivity contribution is 6.45. The van der Waals surface area contributed by atoms with Crippen LogP contribution >= 0.6 is 0 Å². The lowest BCUT2D eigenvalue weighted by Crippen LogP contribution is -2.31. The summed E-state index contributed by atoms with van der Waals surface area (Å²) in [5.41, 5.74) is 0. The molecule has 2 atom stereocenters. The van der Waals surface area contributed by atoms with Crippen molar-refractivity contribution in [2.75, 3.05) is 7.11 Å². The summed E-state index contributed by atoms with van der Waals surface area (Å²) >= 11 is 0. The molecule has 0 amide bonds. The van der Waals surface area contributed by atoms with Gasteiger partial charge in [-0.3, -0.25) is 0 Å². The molecule has 96 valence electrons. The highest BCUT2D eigenvalue weighted by Gasteiger charge is 2.18. The third-order valence-corrected chi connectivity index (χ3v) is 4.58. The summed E-state index contributed by atoms with van der Waals surface area (Å²) in [7, 11) is -0.0273. The molecule has 0 spiro atoms. The Bertz CT molecular complexity index is 292. The van der Waals surface area contributed by atoms with Gasteiger partial charge >= 0.3 is 9.28 Å². The smallest absolute Gasteiger partial charge is 0.384 e. The van der Waals surface area contributed by atoms with Gasteiger partial charge in [-0.15, -0.1) is 0 Å². The molecule has 0 aliphatic heterocycles. The van der Waals surface area contributed by atoms with Crippen LogP contribution in [0.25, 0.3) is 0 Å². The van der Waals surface area contributed by atoms with Crippen LogP contribution in [0, 0.1) is 0 Å². The standard InChI is InChI=1S/C13H22O3Si/c1-4-5-11-17(15-12(2)14-3)16-13-9-7-6-8-10-13/h6-10,12,17H,4-5,11H2,1-3H3. The molecule has 0 heterocycles. The number of rotatable bonds is 8. The number of unbranched alkanes of at least 4 members (excludes halogenated alkanes) is 1. The van der Waals surface area contributed by atoms with Gasteiger partial charge in [-0.2, -0.15) is 0 Å². The third-order valence-electron chi connectivity index (χ3n) is 2.48.